The Morgan fingerprint density at radius 2 is 2.14 bits per heavy atom. The summed E-state index contributed by atoms with van der Waals surface area (Å²) in [5, 5.41) is 17.4. The topological polar surface area (TPSA) is 124 Å². The molecular formula is C12H17N7O2. The first kappa shape index (κ1) is 13.7. The maximum Gasteiger partial charge on any atom is 0.257 e. The van der Waals surface area contributed by atoms with E-state index in [1.807, 2.05) is 0 Å². The second kappa shape index (κ2) is 5.62. The fraction of sp³-hybridized carbons (Fsp3) is 0.500. The van der Waals surface area contributed by atoms with Gasteiger partial charge in [-0.25, -0.2) is 4.68 Å². The average molecular weight is 291 g/mol. The number of nitrogens with two attached hydrogens (primary N) is 1. The number of nitrogens with zero attached hydrogens (tertiary/aromatic N) is 5. The number of anilines is 2. The van der Waals surface area contributed by atoms with Crippen molar-refractivity contribution >= 4 is 11.9 Å². The van der Waals surface area contributed by atoms with Crippen LogP contribution in [0.15, 0.2) is 18.5 Å². The molecule has 21 heavy (non-hydrogen) atoms. The number of aromatic nitrogens is 5. The number of aliphatic hydroxyl groups is 1. The van der Waals surface area contributed by atoms with Crippen molar-refractivity contribution in [1.82, 2.24) is 24.7 Å². The molecule has 1 saturated heterocycles. The first-order valence-electron chi connectivity index (χ1n) is 6.70. The van der Waals surface area contributed by atoms with Gasteiger partial charge in [0.2, 0.25) is 11.9 Å². The summed E-state index contributed by atoms with van der Waals surface area (Å²) < 4.78 is 6.74. The summed E-state index contributed by atoms with van der Waals surface area (Å²) in [6.45, 7) is 1.43. The Labute approximate surface area is 121 Å². The van der Waals surface area contributed by atoms with E-state index in [0.717, 1.165) is 0 Å². The molecule has 112 valence electrons. The van der Waals surface area contributed by atoms with Gasteiger partial charge in [-0.05, 0) is 6.07 Å². The largest absolute Gasteiger partial charge is 0.388 e. The van der Waals surface area contributed by atoms with Gasteiger partial charge in [-0.1, -0.05) is 0 Å². The normalized spacial score (nSPS) is 17.6. The molecular weight excluding hydrogens is 274 g/mol. The van der Waals surface area contributed by atoms with Crippen LogP contribution in [0.25, 0.3) is 5.95 Å². The van der Waals surface area contributed by atoms with Gasteiger partial charge in [0.15, 0.2) is 0 Å². The van der Waals surface area contributed by atoms with E-state index in [9.17, 15) is 5.11 Å². The SMILES string of the molecule is Nc1nc(NCC2(O)CCOCC2)nc(-n2cccn2)n1. The van der Waals surface area contributed by atoms with Crippen LogP contribution >= 0.6 is 0 Å². The standard InChI is InChI=1S/C12H17N7O2/c13-9-16-10(14-8-12(20)2-6-21-7-3-12)18-11(17-9)19-5-1-4-15-19/h1,4-5,20H,2-3,6-8H2,(H3,13,14,16,17,18). The molecule has 1 aliphatic heterocycles. The summed E-state index contributed by atoms with van der Waals surface area (Å²) in [6.07, 6.45) is 4.49. The van der Waals surface area contributed by atoms with E-state index in [1.165, 1.54) is 4.68 Å². The Hall–Kier alpha value is -2.26. The Bertz CT molecular complexity index is 596. The zero-order valence-electron chi connectivity index (χ0n) is 11.4. The highest BCUT2D eigenvalue weighted by molar-refractivity contribution is 5.35. The molecule has 9 nitrogen and oxygen atoms in total. The van der Waals surface area contributed by atoms with Gasteiger partial charge in [0.05, 0.1) is 5.60 Å². The minimum Gasteiger partial charge on any atom is -0.388 e. The minimum absolute atomic E-state index is 0.0944. The van der Waals surface area contributed by atoms with E-state index in [-0.39, 0.29) is 5.95 Å². The molecule has 0 aromatic carbocycles. The van der Waals surface area contributed by atoms with Crippen LogP contribution in [-0.2, 0) is 4.74 Å². The van der Waals surface area contributed by atoms with Crippen molar-refractivity contribution in [2.75, 3.05) is 30.8 Å². The molecule has 2 aromatic heterocycles. The highest BCUT2D eigenvalue weighted by Gasteiger charge is 2.29. The van der Waals surface area contributed by atoms with Gasteiger partial charge in [0.25, 0.3) is 5.95 Å². The third-order valence-corrected chi connectivity index (χ3v) is 3.35. The highest BCUT2D eigenvalue weighted by atomic mass is 16.5. The molecule has 1 fully saturated rings. The fourth-order valence-electron chi connectivity index (χ4n) is 2.12. The van der Waals surface area contributed by atoms with E-state index in [0.29, 0.717) is 44.5 Å². The maximum atomic E-state index is 10.4. The average Bonchev–Trinajstić information content (AvgIpc) is 3.00. The first-order valence-corrected chi connectivity index (χ1v) is 6.70. The van der Waals surface area contributed by atoms with Crippen LogP contribution in [0.5, 0.6) is 0 Å². The molecule has 2 aromatic rings. The summed E-state index contributed by atoms with van der Waals surface area (Å²) >= 11 is 0. The smallest absolute Gasteiger partial charge is 0.257 e. The zero-order chi connectivity index (χ0) is 14.7. The van der Waals surface area contributed by atoms with Crippen molar-refractivity contribution in [2.45, 2.75) is 18.4 Å². The van der Waals surface area contributed by atoms with Crippen LogP contribution in [-0.4, -0.2) is 55.2 Å². The van der Waals surface area contributed by atoms with Gasteiger partial charge in [0.1, 0.15) is 0 Å². The second-order valence-corrected chi connectivity index (χ2v) is 4.96. The summed E-state index contributed by atoms with van der Waals surface area (Å²) in [5.41, 5.74) is 4.87. The van der Waals surface area contributed by atoms with E-state index in [4.69, 9.17) is 10.5 Å². The number of hydrogen-bond donors (Lipinski definition) is 3. The molecule has 1 aliphatic rings. The van der Waals surface area contributed by atoms with E-state index >= 15 is 0 Å². The van der Waals surface area contributed by atoms with Gasteiger partial charge in [0, 0.05) is 45.0 Å². The predicted octanol–water partition coefficient (Wildman–Crippen LogP) is -0.407. The molecule has 0 amide bonds. The zero-order valence-corrected chi connectivity index (χ0v) is 11.4. The third kappa shape index (κ3) is 3.26. The molecule has 9 heteroatoms. The van der Waals surface area contributed by atoms with Gasteiger partial charge in [-0.3, -0.25) is 0 Å². The second-order valence-electron chi connectivity index (χ2n) is 4.96. The third-order valence-electron chi connectivity index (χ3n) is 3.35. The molecule has 0 bridgehead atoms. The van der Waals surface area contributed by atoms with Gasteiger partial charge in [-0.15, -0.1) is 0 Å². The van der Waals surface area contributed by atoms with Crippen LogP contribution in [0.4, 0.5) is 11.9 Å². The van der Waals surface area contributed by atoms with E-state index in [2.05, 4.69) is 25.4 Å². The molecule has 0 unspecified atom stereocenters. The summed E-state index contributed by atoms with van der Waals surface area (Å²) in [5.74, 6) is 0.735. The molecule has 3 heterocycles. The number of ether oxygens (including phenoxy) is 1. The highest BCUT2D eigenvalue weighted by Crippen LogP contribution is 2.20. The monoisotopic (exact) mass is 291 g/mol. The van der Waals surface area contributed by atoms with Crippen molar-refractivity contribution in [3.8, 4) is 5.95 Å². The molecule has 3 rings (SSSR count). The molecule has 0 spiro atoms. The fourth-order valence-corrected chi connectivity index (χ4v) is 2.12. The quantitative estimate of drug-likeness (QED) is 0.694. The lowest BCUT2D eigenvalue weighted by molar-refractivity contribution is -0.0544. The van der Waals surface area contributed by atoms with Gasteiger partial charge in [-0.2, -0.15) is 20.1 Å². The van der Waals surface area contributed by atoms with Crippen molar-refractivity contribution in [1.29, 1.82) is 0 Å². The number of hydrogen-bond acceptors (Lipinski definition) is 8. The van der Waals surface area contributed by atoms with Crippen LogP contribution in [0.2, 0.25) is 0 Å². The molecule has 0 saturated carbocycles. The Morgan fingerprint density at radius 3 is 2.86 bits per heavy atom. The minimum atomic E-state index is -0.814. The summed E-state index contributed by atoms with van der Waals surface area (Å²) in [6, 6.07) is 1.76. The lowest BCUT2D eigenvalue weighted by atomic mass is 9.94. The van der Waals surface area contributed by atoms with Gasteiger partial charge >= 0.3 is 0 Å². The lowest BCUT2D eigenvalue weighted by Crippen LogP contribution is -2.42. The van der Waals surface area contributed by atoms with E-state index in [1.54, 1.807) is 18.5 Å². The number of nitrogens with one attached hydrogen (secondary N) is 1. The Balaban J connectivity index is 1.73. The van der Waals surface area contributed by atoms with Crippen LogP contribution in [0.3, 0.4) is 0 Å². The van der Waals surface area contributed by atoms with Crippen molar-refractivity contribution in [3.05, 3.63) is 18.5 Å². The molecule has 0 aliphatic carbocycles. The summed E-state index contributed by atoms with van der Waals surface area (Å²) in [4.78, 5) is 12.3. The molecule has 0 atom stereocenters. The molecule has 4 N–H and O–H groups in total. The maximum absolute atomic E-state index is 10.4. The lowest BCUT2D eigenvalue weighted by Gasteiger charge is -2.32. The first-order chi connectivity index (χ1) is 10.1. The van der Waals surface area contributed by atoms with Crippen molar-refractivity contribution in [2.24, 2.45) is 0 Å². The number of rotatable bonds is 4. The summed E-state index contributed by atoms with van der Waals surface area (Å²) in [7, 11) is 0. The van der Waals surface area contributed by atoms with Crippen LogP contribution in [0.1, 0.15) is 12.8 Å². The Morgan fingerprint density at radius 1 is 1.33 bits per heavy atom. The van der Waals surface area contributed by atoms with Crippen LogP contribution < -0.4 is 11.1 Å². The van der Waals surface area contributed by atoms with Crippen molar-refractivity contribution < 1.29 is 9.84 Å². The van der Waals surface area contributed by atoms with Gasteiger partial charge < -0.3 is 20.9 Å². The van der Waals surface area contributed by atoms with Crippen molar-refractivity contribution in [3.63, 3.8) is 0 Å². The van der Waals surface area contributed by atoms with Crippen LogP contribution in [0, 0.1) is 0 Å². The number of nitrogen functional groups attached to an aromatic ring is 1. The van der Waals surface area contributed by atoms with E-state index < -0.39 is 5.60 Å². The Kier molecular flexibility index (Phi) is 3.67. The molecule has 0 radical (unpaired) electrons. The predicted molar refractivity (Wildman–Crippen MR) is 74.9 cm³/mol.